The Balaban J connectivity index is 1.42. The quantitative estimate of drug-likeness (QED) is 0.141. The van der Waals surface area contributed by atoms with E-state index in [1.165, 1.54) is 9.80 Å². The number of ether oxygens (including phenoxy) is 2. The number of hydrogen-bond acceptors (Lipinski definition) is 8. The summed E-state index contributed by atoms with van der Waals surface area (Å²) in [4.78, 5) is 40.9. The first-order valence-corrected chi connectivity index (χ1v) is 17.8. The molecule has 6 rings (SSSR count). The lowest BCUT2D eigenvalue weighted by molar-refractivity contribution is 0.0105. The van der Waals surface area contributed by atoms with Gasteiger partial charge in [0.25, 0.3) is 0 Å². The number of benzene rings is 2. The molecule has 2 aromatic carbocycles. The van der Waals surface area contributed by atoms with Crippen LogP contribution in [0.5, 0.6) is 0 Å². The molecule has 3 aromatic heterocycles. The van der Waals surface area contributed by atoms with E-state index in [-0.39, 0.29) is 25.7 Å². The normalized spacial score (nSPS) is 14.3. The van der Waals surface area contributed by atoms with Crippen molar-refractivity contribution in [3.63, 3.8) is 0 Å². The van der Waals surface area contributed by atoms with Gasteiger partial charge in [0.1, 0.15) is 11.4 Å². The summed E-state index contributed by atoms with van der Waals surface area (Å²) in [5.74, 6) is 0.781. The van der Waals surface area contributed by atoms with Gasteiger partial charge in [0.05, 0.1) is 54.7 Å². The van der Waals surface area contributed by atoms with Gasteiger partial charge in [-0.05, 0) is 44.9 Å². The lowest BCUT2D eigenvalue weighted by Gasteiger charge is -2.36. The van der Waals surface area contributed by atoms with E-state index < -0.39 is 17.8 Å². The number of carboxylic acid groups (broad SMARTS) is 1. The molecule has 1 unspecified atom stereocenters. The third-order valence-corrected chi connectivity index (χ3v) is 9.15. The molecule has 0 radical (unpaired) electrons. The molecule has 52 heavy (non-hydrogen) atoms. The second-order valence-electron chi connectivity index (χ2n) is 14.1. The van der Waals surface area contributed by atoms with Crippen molar-refractivity contribution in [2.24, 2.45) is 0 Å². The summed E-state index contributed by atoms with van der Waals surface area (Å²) in [6, 6.07) is 24.0. The topological polar surface area (TPSA) is 126 Å². The van der Waals surface area contributed by atoms with Gasteiger partial charge in [-0.3, -0.25) is 9.30 Å². The zero-order chi connectivity index (χ0) is 36.7. The second kappa shape index (κ2) is 16.4. The highest BCUT2D eigenvalue weighted by Crippen LogP contribution is 2.33. The molecule has 1 N–H and O–H groups in total. The Labute approximate surface area is 304 Å². The number of aromatic nitrogens is 3. The molecule has 1 aliphatic rings. The first kappa shape index (κ1) is 36.6. The lowest BCUT2D eigenvalue weighted by Crippen LogP contribution is -2.43. The van der Waals surface area contributed by atoms with E-state index in [0.29, 0.717) is 45.6 Å². The maximum atomic E-state index is 12.6. The Hall–Kier alpha value is -5.20. The molecule has 1 aliphatic heterocycles. The highest BCUT2D eigenvalue weighted by Gasteiger charge is 2.31. The Kier molecular flexibility index (Phi) is 11.6. The molecular weight excluding hydrogens is 660 g/mol. The van der Waals surface area contributed by atoms with Gasteiger partial charge in [0, 0.05) is 58.0 Å². The third kappa shape index (κ3) is 9.17. The van der Waals surface area contributed by atoms with Gasteiger partial charge < -0.3 is 28.8 Å². The number of fused-ring (bicyclic) bond motifs is 1. The van der Waals surface area contributed by atoms with E-state index in [1.54, 1.807) is 34.1 Å². The Morgan fingerprint density at radius 1 is 0.904 bits per heavy atom. The number of morpholine rings is 1. The summed E-state index contributed by atoms with van der Waals surface area (Å²) in [6.07, 6.45) is 3.71. The summed E-state index contributed by atoms with van der Waals surface area (Å²) < 4.78 is 19.3. The van der Waals surface area contributed by atoms with Crippen LogP contribution in [0, 0.1) is 0 Å². The summed E-state index contributed by atoms with van der Waals surface area (Å²) in [6.45, 7) is 8.47. The molecule has 0 spiro atoms. The van der Waals surface area contributed by atoms with Crippen LogP contribution in [0.25, 0.3) is 16.9 Å². The van der Waals surface area contributed by atoms with Crippen LogP contribution < -0.4 is 0 Å². The van der Waals surface area contributed by atoms with Crippen molar-refractivity contribution in [3.05, 3.63) is 114 Å². The molecule has 0 saturated carbocycles. The number of furan rings is 1. The fourth-order valence-electron chi connectivity index (χ4n) is 6.55. The van der Waals surface area contributed by atoms with Crippen LogP contribution in [0.2, 0.25) is 0 Å². The molecule has 4 heterocycles. The molecule has 0 bridgehead atoms. The average molecular weight is 709 g/mol. The highest BCUT2D eigenvalue weighted by atomic mass is 16.6. The lowest BCUT2D eigenvalue weighted by atomic mass is 10.0. The van der Waals surface area contributed by atoms with Crippen LogP contribution in [-0.2, 0) is 22.3 Å². The van der Waals surface area contributed by atoms with Crippen molar-refractivity contribution < 1.29 is 28.6 Å². The van der Waals surface area contributed by atoms with Gasteiger partial charge in [-0.2, -0.15) is 0 Å². The standard InChI is InChI=1S/C40H48N6O6/c1-40(2,3)52-39(49)43(4)19-20-45(38(47)48)18-17-35(44-21-24-50-25-22-44)36-32(27-31-16-11-23-51-31)42-37-33(26-29-12-7-5-8-13-29)41-34(28-46(36)37)30-14-9-6-10-15-30/h5-16,23,28,35H,17-22,24-27H2,1-4H3,(H,47,48). The van der Waals surface area contributed by atoms with Crippen LogP contribution in [0.4, 0.5) is 9.59 Å². The zero-order valence-electron chi connectivity index (χ0n) is 30.4. The van der Waals surface area contributed by atoms with Gasteiger partial charge in [-0.1, -0.05) is 60.7 Å². The van der Waals surface area contributed by atoms with Crippen LogP contribution in [0.15, 0.2) is 89.7 Å². The van der Waals surface area contributed by atoms with Gasteiger partial charge in [-0.15, -0.1) is 0 Å². The minimum Gasteiger partial charge on any atom is -0.469 e. The molecule has 1 saturated heterocycles. The van der Waals surface area contributed by atoms with Crippen molar-refractivity contribution in [2.75, 3.05) is 53.0 Å². The first-order chi connectivity index (χ1) is 25.1. The summed E-state index contributed by atoms with van der Waals surface area (Å²) >= 11 is 0. The third-order valence-electron chi connectivity index (χ3n) is 9.15. The van der Waals surface area contributed by atoms with E-state index in [9.17, 15) is 14.7 Å². The number of carbonyl (C=O) groups is 2. The predicted octanol–water partition coefficient (Wildman–Crippen LogP) is 6.78. The molecule has 5 aromatic rings. The molecule has 12 nitrogen and oxygen atoms in total. The van der Waals surface area contributed by atoms with E-state index in [0.717, 1.165) is 45.3 Å². The summed E-state index contributed by atoms with van der Waals surface area (Å²) in [5.41, 5.74) is 5.70. The molecule has 274 valence electrons. The second-order valence-corrected chi connectivity index (χ2v) is 14.1. The van der Waals surface area contributed by atoms with E-state index in [4.69, 9.17) is 23.9 Å². The zero-order valence-corrected chi connectivity index (χ0v) is 30.4. The maximum Gasteiger partial charge on any atom is 0.410 e. The molecule has 12 heteroatoms. The first-order valence-electron chi connectivity index (χ1n) is 17.8. The molecular formula is C40H48N6O6. The van der Waals surface area contributed by atoms with E-state index in [2.05, 4.69) is 39.8 Å². The fourth-order valence-corrected chi connectivity index (χ4v) is 6.55. The highest BCUT2D eigenvalue weighted by molar-refractivity contribution is 5.68. The summed E-state index contributed by atoms with van der Waals surface area (Å²) in [7, 11) is 1.62. The van der Waals surface area contributed by atoms with Crippen molar-refractivity contribution >= 4 is 17.8 Å². The van der Waals surface area contributed by atoms with Gasteiger partial charge in [0.2, 0.25) is 0 Å². The minimum absolute atomic E-state index is 0.136. The van der Waals surface area contributed by atoms with Crippen molar-refractivity contribution in [2.45, 2.75) is 51.7 Å². The van der Waals surface area contributed by atoms with E-state index in [1.807, 2.05) is 48.5 Å². The van der Waals surface area contributed by atoms with Crippen LogP contribution in [-0.4, -0.2) is 105 Å². The Morgan fingerprint density at radius 3 is 2.27 bits per heavy atom. The number of likely N-dealkylation sites (N-methyl/N-ethyl adjacent to an activating group) is 1. The number of rotatable bonds is 13. The molecule has 1 atom stereocenters. The Morgan fingerprint density at radius 2 is 1.62 bits per heavy atom. The smallest absolute Gasteiger partial charge is 0.410 e. The number of imidazole rings is 1. The molecule has 1 fully saturated rings. The largest absolute Gasteiger partial charge is 0.469 e. The fraction of sp³-hybridized carbons (Fsp3) is 0.400. The molecule has 0 aliphatic carbocycles. The number of amides is 2. The minimum atomic E-state index is -1.05. The van der Waals surface area contributed by atoms with Crippen molar-refractivity contribution in [1.82, 2.24) is 29.1 Å². The summed E-state index contributed by atoms with van der Waals surface area (Å²) in [5, 5.41) is 10.3. The van der Waals surface area contributed by atoms with Gasteiger partial charge in [0.15, 0.2) is 5.65 Å². The average Bonchev–Trinajstić information content (AvgIpc) is 3.78. The van der Waals surface area contributed by atoms with E-state index >= 15 is 0 Å². The van der Waals surface area contributed by atoms with Crippen LogP contribution in [0.1, 0.15) is 61.6 Å². The Bertz CT molecular complexity index is 1920. The van der Waals surface area contributed by atoms with Gasteiger partial charge in [-0.25, -0.2) is 19.6 Å². The maximum absolute atomic E-state index is 12.6. The number of nitrogens with zero attached hydrogens (tertiary/aromatic N) is 6. The van der Waals surface area contributed by atoms with Crippen LogP contribution in [0.3, 0.4) is 0 Å². The van der Waals surface area contributed by atoms with Crippen molar-refractivity contribution in [1.29, 1.82) is 0 Å². The van der Waals surface area contributed by atoms with Crippen LogP contribution >= 0.6 is 0 Å². The molecule has 2 amide bonds. The van der Waals surface area contributed by atoms with Crippen molar-refractivity contribution in [3.8, 4) is 11.3 Å². The monoisotopic (exact) mass is 708 g/mol. The van der Waals surface area contributed by atoms with Gasteiger partial charge >= 0.3 is 12.2 Å². The number of hydrogen-bond donors (Lipinski definition) is 1. The predicted molar refractivity (Wildman–Crippen MR) is 197 cm³/mol. The SMILES string of the molecule is CN(CCN(CCC(c1c(Cc2ccco2)nc2c(Cc3ccccc3)nc(-c3ccccc3)cn12)N1CCOCC1)C(=O)O)C(=O)OC(C)(C)C. The number of carbonyl (C=O) groups excluding carboxylic acids is 1.